The van der Waals surface area contributed by atoms with Gasteiger partial charge in [0, 0.05) is 16.5 Å². The van der Waals surface area contributed by atoms with E-state index in [1.54, 1.807) is 12.1 Å². The molecule has 4 heteroatoms. The molecule has 3 nitrogen and oxygen atoms in total. The first-order chi connectivity index (χ1) is 9.24. The van der Waals surface area contributed by atoms with Crippen molar-refractivity contribution in [2.75, 3.05) is 6.79 Å². The van der Waals surface area contributed by atoms with E-state index in [2.05, 4.69) is 15.9 Å². The van der Waals surface area contributed by atoms with Gasteiger partial charge in [0.2, 0.25) is 6.79 Å². The average molecular weight is 319 g/mol. The Morgan fingerprint density at radius 3 is 2.53 bits per heavy atom. The fourth-order valence-electron chi connectivity index (χ4n) is 2.01. The zero-order chi connectivity index (χ0) is 13.2. The molecular formula is C15H11BrO3. The van der Waals surface area contributed by atoms with Gasteiger partial charge in [0.15, 0.2) is 17.3 Å². The Bertz CT molecular complexity index is 623. The first kappa shape index (κ1) is 12.2. The van der Waals surface area contributed by atoms with Crippen LogP contribution in [-0.4, -0.2) is 12.6 Å². The minimum atomic E-state index is 0.0522. The highest BCUT2D eigenvalue weighted by Crippen LogP contribution is 2.37. The van der Waals surface area contributed by atoms with Crippen LogP contribution < -0.4 is 9.47 Å². The predicted octanol–water partition coefficient (Wildman–Crippen LogP) is 3.60. The van der Waals surface area contributed by atoms with Crippen molar-refractivity contribution in [3.05, 3.63) is 58.1 Å². The second kappa shape index (κ2) is 5.05. The van der Waals surface area contributed by atoms with Crippen LogP contribution in [0.4, 0.5) is 0 Å². The molecule has 0 bridgehead atoms. The maximum absolute atomic E-state index is 12.3. The second-order valence-corrected chi connectivity index (χ2v) is 5.13. The molecule has 0 atom stereocenters. The molecule has 0 radical (unpaired) electrons. The van der Waals surface area contributed by atoms with Crippen LogP contribution >= 0.6 is 15.9 Å². The topological polar surface area (TPSA) is 35.5 Å². The highest BCUT2D eigenvalue weighted by molar-refractivity contribution is 9.10. The molecule has 0 saturated carbocycles. The number of ketones is 1. The lowest BCUT2D eigenvalue weighted by molar-refractivity contribution is 0.0992. The number of ether oxygens (including phenoxy) is 2. The molecule has 2 aromatic rings. The van der Waals surface area contributed by atoms with Crippen molar-refractivity contribution in [3.8, 4) is 11.5 Å². The molecule has 96 valence electrons. The molecule has 2 aromatic carbocycles. The van der Waals surface area contributed by atoms with Gasteiger partial charge in [-0.2, -0.15) is 0 Å². The fourth-order valence-corrected chi connectivity index (χ4v) is 2.55. The Morgan fingerprint density at radius 2 is 1.79 bits per heavy atom. The number of halogens is 1. The highest BCUT2D eigenvalue weighted by Gasteiger charge is 2.19. The summed E-state index contributed by atoms with van der Waals surface area (Å²) in [6.45, 7) is 0.206. The summed E-state index contributed by atoms with van der Waals surface area (Å²) in [5.41, 5.74) is 1.62. The number of fused-ring (bicyclic) bond motifs is 1. The van der Waals surface area contributed by atoms with Gasteiger partial charge in [0.05, 0.1) is 0 Å². The Morgan fingerprint density at radius 1 is 1.11 bits per heavy atom. The van der Waals surface area contributed by atoms with Crippen LogP contribution in [0.2, 0.25) is 0 Å². The number of rotatable bonds is 3. The molecule has 0 amide bonds. The van der Waals surface area contributed by atoms with Crippen LogP contribution in [0.1, 0.15) is 15.9 Å². The number of carbonyl (C=O) groups is 1. The first-order valence-electron chi connectivity index (χ1n) is 5.90. The van der Waals surface area contributed by atoms with Crippen molar-refractivity contribution in [3.63, 3.8) is 0 Å². The standard InChI is InChI=1S/C15H11BrO3/c16-12-8-15-14(18-9-19-15)7-11(12)13(17)6-10-4-2-1-3-5-10/h1-5,7-8H,6,9H2. The maximum Gasteiger partial charge on any atom is 0.231 e. The zero-order valence-corrected chi connectivity index (χ0v) is 11.6. The molecule has 1 heterocycles. The Balaban J connectivity index is 1.88. The first-order valence-corrected chi connectivity index (χ1v) is 6.69. The Hall–Kier alpha value is -1.81. The lowest BCUT2D eigenvalue weighted by atomic mass is 10.0. The summed E-state index contributed by atoms with van der Waals surface area (Å²) >= 11 is 3.41. The van der Waals surface area contributed by atoms with E-state index in [1.165, 1.54) is 0 Å². The molecule has 1 aliphatic heterocycles. The number of Topliss-reactive ketones (excluding diaryl/α,β-unsaturated/α-hetero) is 1. The van der Waals surface area contributed by atoms with Crippen LogP contribution in [0.3, 0.4) is 0 Å². The monoisotopic (exact) mass is 318 g/mol. The van der Waals surface area contributed by atoms with E-state index in [0.29, 0.717) is 23.5 Å². The minimum absolute atomic E-state index is 0.0522. The Kier molecular flexibility index (Phi) is 3.25. The molecular weight excluding hydrogens is 308 g/mol. The van der Waals surface area contributed by atoms with Crippen LogP contribution in [0.5, 0.6) is 11.5 Å². The lowest BCUT2D eigenvalue weighted by Gasteiger charge is -2.06. The highest BCUT2D eigenvalue weighted by atomic mass is 79.9. The number of hydrogen-bond acceptors (Lipinski definition) is 3. The van der Waals surface area contributed by atoms with Crippen LogP contribution in [0, 0.1) is 0 Å². The van der Waals surface area contributed by atoms with E-state index in [-0.39, 0.29) is 12.6 Å². The van der Waals surface area contributed by atoms with Gasteiger partial charge in [-0.15, -0.1) is 0 Å². The van der Waals surface area contributed by atoms with Crippen molar-refractivity contribution in [1.29, 1.82) is 0 Å². The summed E-state index contributed by atoms with van der Waals surface area (Å²) < 4.78 is 11.3. The molecule has 19 heavy (non-hydrogen) atoms. The molecule has 0 aromatic heterocycles. The quantitative estimate of drug-likeness (QED) is 0.811. The van der Waals surface area contributed by atoms with Gasteiger partial charge >= 0.3 is 0 Å². The maximum atomic E-state index is 12.3. The van der Waals surface area contributed by atoms with Gasteiger partial charge in [-0.1, -0.05) is 30.3 Å². The third-order valence-electron chi connectivity index (χ3n) is 2.97. The van der Waals surface area contributed by atoms with E-state index in [0.717, 1.165) is 10.0 Å². The molecule has 0 saturated heterocycles. The zero-order valence-electron chi connectivity index (χ0n) is 10.1. The third-order valence-corrected chi connectivity index (χ3v) is 3.63. The van der Waals surface area contributed by atoms with Gasteiger partial charge < -0.3 is 9.47 Å². The fraction of sp³-hybridized carbons (Fsp3) is 0.133. The van der Waals surface area contributed by atoms with E-state index < -0.39 is 0 Å². The molecule has 0 unspecified atom stereocenters. The minimum Gasteiger partial charge on any atom is -0.454 e. The van der Waals surface area contributed by atoms with Gasteiger partial charge in [-0.25, -0.2) is 0 Å². The van der Waals surface area contributed by atoms with Crippen molar-refractivity contribution < 1.29 is 14.3 Å². The molecule has 0 fully saturated rings. The van der Waals surface area contributed by atoms with Crippen molar-refractivity contribution in [2.45, 2.75) is 6.42 Å². The summed E-state index contributed by atoms with van der Waals surface area (Å²) in [7, 11) is 0. The summed E-state index contributed by atoms with van der Waals surface area (Å²) in [6, 6.07) is 13.2. The van der Waals surface area contributed by atoms with E-state index >= 15 is 0 Å². The van der Waals surface area contributed by atoms with Crippen molar-refractivity contribution >= 4 is 21.7 Å². The van der Waals surface area contributed by atoms with Gasteiger partial charge in [0.1, 0.15) is 0 Å². The number of hydrogen-bond donors (Lipinski definition) is 0. The second-order valence-electron chi connectivity index (χ2n) is 4.27. The van der Waals surface area contributed by atoms with E-state index in [4.69, 9.17) is 9.47 Å². The summed E-state index contributed by atoms with van der Waals surface area (Å²) in [5, 5.41) is 0. The summed E-state index contributed by atoms with van der Waals surface area (Å²) in [5.74, 6) is 1.35. The van der Waals surface area contributed by atoms with Crippen molar-refractivity contribution in [2.24, 2.45) is 0 Å². The number of benzene rings is 2. The number of carbonyl (C=O) groups excluding carboxylic acids is 1. The average Bonchev–Trinajstić information content (AvgIpc) is 2.86. The SMILES string of the molecule is O=C(Cc1ccccc1)c1cc2c(cc1Br)OCO2. The van der Waals surface area contributed by atoms with Crippen LogP contribution in [0.25, 0.3) is 0 Å². The molecule has 1 aliphatic rings. The third kappa shape index (κ3) is 2.49. The van der Waals surface area contributed by atoms with Crippen LogP contribution in [-0.2, 0) is 6.42 Å². The summed E-state index contributed by atoms with van der Waals surface area (Å²) in [6.07, 6.45) is 0.374. The van der Waals surface area contributed by atoms with E-state index in [1.807, 2.05) is 30.3 Å². The molecule has 0 aliphatic carbocycles. The lowest BCUT2D eigenvalue weighted by Crippen LogP contribution is -2.04. The molecule has 0 N–H and O–H groups in total. The van der Waals surface area contributed by atoms with Gasteiger partial charge in [-0.05, 0) is 33.6 Å². The predicted molar refractivity (Wildman–Crippen MR) is 74.7 cm³/mol. The Labute approximate surface area is 119 Å². The van der Waals surface area contributed by atoms with Gasteiger partial charge in [0.25, 0.3) is 0 Å². The molecule has 0 spiro atoms. The normalized spacial score (nSPS) is 12.5. The smallest absolute Gasteiger partial charge is 0.231 e. The largest absolute Gasteiger partial charge is 0.454 e. The summed E-state index contributed by atoms with van der Waals surface area (Å²) in [4.78, 5) is 12.3. The van der Waals surface area contributed by atoms with Crippen LogP contribution in [0.15, 0.2) is 46.9 Å². The van der Waals surface area contributed by atoms with E-state index in [9.17, 15) is 4.79 Å². The molecule has 3 rings (SSSR count). The van der Waals surface area contributed by atoms with Crippen molar-refractivity contribution in [1.82, 2.24) is 0 Å². The van der Waals surface area contributed by atoms with Gasteiger partial charge in [-0.3, -0.25) is 4.79 Å².